The fourth-order valence-electron chi connectivity index (χ4n) is 4.50. The molecule has 0 saturated carbocycles. The molecular formula is C28H30FN3O2. The number of aryl methyl sites for hydroxylation is 3. The van der Waals surface area contributed by atoms with Gasteiger partial charge in [0.05, 0.1) is 17.8 Å². The predicted molar refractivity (Wildman–Crippen MR) is 134 cm³/mol. The van der Waals surface area contributed by atoms with Crippen LogP contribution in [0.3, 0.4) is 0 Å². The van der Waals surface area contributed by atoms with Crippen LogP contribution in [0, 0.1) is 26.6 Å². The highest BCUT2D eigenvalue weighted by atomic mass is 19.1. The summed E-state index contributed by atoms with van der Waals surface area (Å²) in [5, 5.41) is 2.97. The fraction of sp³-hybridized carbons (Fsp3) is 0.286. The van der Waals surface area contributed by atoms with Crippen LogP contribution in [0.15, 0.2) is 60.7 Å². The summed E-state index contributed by atoms with van der Waals surface area (Å²) in [6.07, 6.45) is 0.966. The zero-order chi connectivity index (χ0) is 24.2. The number of hydrogen-bond acceptors (Lipinski definition) is 2. The van der Waals surface area contributed by atoms with Crippen molar-refractivity contribution < 1.29 is 14.0 Å². The van der Waals surface area contributed by atoms with Crippen molar-refractivity contribution in [2.45, 2.75) is 40.2 Å². The average Bonchev–Trinajstić information content (AvgIpc) is 2.77. The second-order valence-corrected chi connectivity index (χ2v) is 9.08. The third-order valence-electron chi connectivity index (χ3n) is 5.96. The molecule has 0 radical (unpaired) electrons. The van der Waals surface area contributed by atoms with Crippen LogP contribution in [0.5, 0.6) is 0 Å². The van der Waals surface area contributed by atoms with E-state index in [1.807, 2.05) is 30.0 Å². The van der Waals surface area contributed by atoms with Gasteiger partial charge >= 0.3 is 6.03 Å². The number of anilines is 2. The van der Waals surface area contributed by atoms with E-state index in [2.05, 4.69) is 37.4 Å². The normalized spacial score (nSPS) is 13.8. The SMILES string of the molecule is Cc1cc(C)cc(CN2CCCN(c3ccc(C)cc3NC(=O)Cc3ccc(F)cc3)C2=O)c1. The molecule has 0 atom stereocenters. The molecule has 0 spiro atoms. The zero-order valence-corrected chi connectivity index (χ0v) is 19.9. The Hall–Kier alpha value is -3.67. The first-order chi connectivity index (χ1) is 16.3. The van der Waals surface area contributed by atoms with Crippen molar-refractivity contribution in [3.8, 4) is 0 Å². The maximum Gasteiger partial charge on any atom is 0.324 e. The van der Waals surface area contributed by atoms with Crippen molar-refractivity contribution in [1.29, 1.82) is 0 Å². The Labute approximate surface area is 200 Å². The van der Waals surface area contributed by atoms with E-state index in [0.717, 1.165) is 23.1 Å². The average molecular weight is 460 g/mol. The van der Waals surface area contributed by atoms with Gasteiger partial charge in [-0.1, -0.05) is 47.5 Å². The first kappa shape index (κ1) is 23.5. The summed E-state index contributed by atoms with van der Waals surface area (Å²) in [5.74, 6) is -0.547. The van der Waals surface area contributed by atoms with Crippen molar-refractivity contribution in [3.05, 3.63) is 94.3 Å². The molecule has 0 unspecified atom stereocenters. The number of amides is 3. The maximum absolute atomic E-state index is 13.4. The topological polar surface area (TPSA) is 52.6 Å². The third-order valence-corrected chi connectivity index (χ3v) is 5.96. The van der Waals surface area contributed by atoms with Gasteiger partial charge in [0.25, 0.3) is 0 Å². The molecule has 1 aliphatic heterocycles. The van der Waals surface area contributed by atoms with Crippen LogP contribution in [0.25, 0.3) is 0 Å². The molecule has 5 nitrogen and oxygen atoms in total. The largest absolute Gasteiger partial charge is 0.324 e. The van der Waals surface area contributed by atoms with Gasteiger partial charge in [-0.25, -0.2) is 9.18 Å². The summed E-state index contributed by atoms with van der Waals surface area (Å²) >= 11 is 0. The summed E-state index contributed by atoms with van der Waals surface area (Å²) in [4.78, 5) is 29.8. The summed E-state index contributed by atoms with van der Waals surface area (Å²) in [6.45, 7) is 7.91. The number of benzene rings is 3. The lowest BCUT2D eigenvalue weighted by Gasteiger charge is -2.36. The van der Waals surface area contributed by atoms with Crippen LogP contribution in [-0.4, -0.2) is 29.9 Å². The lowest BCUT2D eigenvalue weighted by atomic mass is 10.1. The first-order valence-electron chi connectivity index (χ1n) is 11.6. The van der Waals surface area contributed by atoms with E-state index in [0.29, 0.717) is 31.0 Å². The maximum atomic E-state index is 13.4. The summed E-state index contributed by atoms with van der Waals surface area (Å²) in [7, 11) is 0. The number of carbonyl (C=O) groups excluding carboxylic acids is 2. The highest BCUT2D eigenvalue weighted by Crippen LogP contribution is 2.30. The van der Waals surface area contributed by atoms with Crippen LogP contribution in [0.4, 0.5) is 20.6 Å². The molecule has 1 heterocycles. The standard InChI is InChI=1S/C28H30FN3O2/c1-19-5-10-26(25(16-19)30-27(33)17-22-6-8-24(29)9-7-22)32-12-4-11-31(28(32)34)18-23-14-20(2)13-21(3)15-23/h5-10,13-16H,4,11-12,17-18H2,1-3H3,(H,30,33). The quantitative estimate of drug-likeness (QED) is 0.509. The molecule has 0 aliphatic carbocycles. The van der Waals surface area contributed by atoms with Gasteiger partial charge in [-0.15, -0.1) is 0 Å². The Morgan fingerprint density at radius 1 is 0.882 bits per heavy atom. The Balaban J connectivity index is 1.53. The Bertz CT molecular complexity index is 1190. The van der Waals surface area contributed by atoms with E-state index in [4.69, 9.17) is 0 Å². The van der Waals surface area contributed by atoms with Crippen molar-refractivity contribution in [2.24, 2.45) is 0 Å². The number of halogens is 1. The number of rotatable bonds is 6. The fourth-order valence-corrected chi connectivity index (χ4v) is 4.50. The molecule has 0 bridgehead atoms. The molecule has 176 valence electrons. The third kappa shape index (κ3) is 5.63. The van der Waals surface area contributed by atoms with Gasteiger partial charge in [0.15, 0.2) is 0 Å². The molecule has 3 amide bonds. The van der Waals surface area contributed by atoms with E-state index in [1.54, 1.807) is 17.0 Å². The van der Waals surface area contributed by atoms with Gasteiger partial charge in [0.1, 0.15) is 5.82 Å². The van der Waals surface area contributed by atoms with Crippen LogP contribution >= 0.6 is 0 Å². The molecule has 1 aliphatic rings. The second kappa shape index (κ2) is 10.1. The number of carbonyl (C=O) groups is 2. The Morgan fingerprint density at radius 3 is 2.29 bits per heavy atom. The zero-order valence-electron chi connectivity index (χ0n) is 19.9. The minimum absolute atomic E-state index is 0.0664. The lowest BCUT2D eigenvalue weighted by Crippen LogP contribution is -2.49. The van der Waals surface area contributed by atoms with E-state index in [-0.39, 0.29) is 24.2 Å². The van der Waals surface area contributed by atoms with Gasteiger partial charge in [0, 0.05) is 19.6 Å². The van der Waals surface area contributed by atoms with E-state index in [1.165, 1.54) is 23.3 Å². The van der Waals surface area contributed by atoms with Crippen molar-refractivity contribution in [1.82, 2.24) is 4.90 Å². The van der Waals surface area contributed by atoms with Crippen molar-refractivity contribution >= 4 is 23.3 Å². The molecule has 1 saturated heterocycles. The van der Waals surface area contributed by atoms with Crippen LogP contribution in [0.1, 0.15) is 34.2 Å². The molecule has 6 heteroatoms. The highest BCUT2D eigenvalue weighted by Gasteiger charge is 2.28. The summed E-state index contributed by atoms with van der Waals surface area (Å²) < 4.78 is 13.2. The lowest BCUT2D eigenvalue weighted by molar-refractivity contribution is -0.115. The Kier molecular flexibility index (Phi) is 6.96. The van der Waals surface area contributed by atoms with E-state index in [9.17, 15) is 14.0 Å². The molecular weight excluding hydrogens is 429 g/mol. The van der Waals surface area contributed by atoms with Gasteiger partial charge < -0.3 is 10.2 Å². The van der Waals surface area contributed by atoms with E-state index >= 15 is 0 Å². The predicted octanol–water partition coefficient (Wildman–Crippen LogP) is 5.76. The number of hydrogen-bond donors (Lipinski definition) is 1. The number of nitrogens with one attached hydrogen (secondary N) is 1. The summed E-state index contributed by atoms with van der Waals surface area (Å²) in [5.41, 5.74) is 6.48. The van der Waals surface area contributed by atoms with Crippen LogP contribution < -0.4 is 10.2 Å². The van der Waals surface area contributed by atoms with Crippen LogP contribution in [0.2, 0.25) is 0 Å². The molecule has 3 aromatic rings. The van der Waals surface area contributed by atoms with Gasteiger partial charge in [0.2, 0.25) is 5.91 Å². The first-order valence-corrected chi connectivity index (χ1v) is 11.6. The Morgan fingerprint density at radius 2 is 1.59 bits per heavy atom. The number of nitrogens with zero attached hydrogens (tertiary/aromatic N) is 2. The van der Waals surface area contributed by atoms with Gasteiger partial charge in [-0.05, 0) is 68.1 Å². The van der Waals surface area contributed by atoms with Gasteiger partial charge in [-0.3, -0.25) is 9.69 Å². The molecule has 3 aromatic carbocycles. The molecule has 4 rings (SSSR count). The summed E-state index contributed by atoms with van der Waals surface area (Å²) in [6, 6.07) is 17.9. The smallest absolute Gasteiger partial charge is 0.324 e. The highest BCUT2D eigenvalue weighted by molar-refractivity contribution is 6.01. The minimum Gasteiger partial charge on any atom is -0.324 e. The molecule has 1 N–H and O–H groups in total. The molecule has 0 aromatic heterocycles. The monoisotopic (exact) mass is 459 g/mol. The van der Waals surface area contributed by atoms with Crippen molar-refractivity contribution in [3.63, 3.8) is 0 Å². The van der Waals surface area contributed by atoms with Crippen molar-refractivity contribution in [2.75, 3.05) is 23.3 Å². The molecule has 1 fully saturated rings. The second-order valence-electron chi connectivity index (χ2n) is 9.08. The van der Waals surface area contributed by atoms with Gasteiger partial charge in [-0.2, -0.15) is 0 Å². The molecule has 34 heavy (non-hydrogen) atoms. The van der Waals surface area contributed by atoms with E-state index < -0.39 is 0 Å². The van der Waals surface area contributed by atoms with Crippen LogP contribution in [-0.2, 0) is 17.8 Å². The number of urea groups is 1. The minimum atomic E-state index is -0.334.